The number of benzene rings is 1. The summed E-state index contributed by atoms with van der Waals surface area (Å²) in [6.45, 7) is 0.363. The number of carbonyl (C=O) groups is 1. The van der Waals surface area contributed by atoms with Gasteiger partial charge in [-0.15, -0.1) is 0 Å². The molecule has 2 aromatic rings. The van der Waals surface area contributed by atoms with Crippen LogP contribution in [0.5, 0.6) is 17.2 Å². The van der Waals surface area contributed by atoms with E-state index in [-0.39, 0.29) is 12.3 Å². The number of ether oxygens (including phenoxy) is 3. The van der Waals surface area contributed by atoms with Crippen LogP contribution in [0.3, 0.4) is 0 Å². The summed E-state index contributed by atoms with van der Waals surface area (Å²) in [6, 6.07) is 5.44. The lowest BCUT2D eigenvalue weighted by atomic mass is 10.2. The molecule has 0 aliphatic heterocycles. The number of amides is 1. The van der Waals surface area contributed by atoms with E-state index in [1.54, 1.807) is 26.3 Å². The average molecular weight is 317 g/mol. The lowest BCUT2D eigenvalue weighted by Crippen LogP contribution is -2.27. The highest BCUT2D eigenvalue weighted by Crippen LogP contribution is 2.41. The number of H-pyrrole nitrogens is 1. The summed E-state index contributed by atoms with van der Waals surface area (Å²) < 4.78 is 16.1. The number of nitrogens with one attached hydrogen (secondary N) is 1. The van der Waals surface area contributed by atoms with Gasteiger partial charge in [-0.1, -0.05) is 0 Å². The van der Waals surface area contributed by atoms with E-state index < -0.39 is 0 Å². The average Bonchev–Trinajstić information content (AvgIpc) is 3.02. The Hall–Kier alpha value is -2.88. The third-order valence-electron chi connectivity index (χ3n) is 3.58. The van der Waals surface area contributed by atoms with Gasteiger partial charge in [-0.25, -0.2) is 0 Å². The predicted molar refractivity (Wildman–Crippen MR) is 85.1 cm³/mol. The zero-order valence-electron chi connectivity index (χ0n) is 13.6. The molecule has 0 aliphatic carbocycles. The van der Waals surface area contributed by atoms with Crippen LogP contribution in [0.25, 0.3) is 10.9 Å². The van der Waals surface area contributed by atoms with Crippen LogP contribution in [0.2, 0.25) is 0 Å². The quantitative estimate of drug-likeness (QED) is 0.882. The number of rotatable bonds is 6. The molecule has 0 spiro atoms. The topological polar surface area (TPSA) is 87.6 Å². The highest BCUT2D eigenvalue weighted by molar-refractivity contribution is 6.02. The normalized spacial score (nSPS) is 10.2. The van der Waals surface area contributed by atoms with Gasteiger partial charge in [0.05, 0.1) is 39.3 Å². The summed E-state index contributed by atoms with van der Waals surface area (Å²) in [7, 11) is 6.27. The summed E-state index contributed by atoms with van der Waals surface area (Å²) in [4.78, 5) is 17.0. The first-order chi connectivity index (χ1) is 11.1. The minimum atomic E-state index is -0.209. The number of aromatic amines is 1. The van der Waals surface area contributed by atoms with Crippen LogP contribution in [-0.4, -0.2) is 50.7 Å². The summed E-state index contributed by atoms with van der Waals surface area (Å²) in [6.07, 6.45) is 0.281. The third-order valence-corrected chi connectivity index (χ3v) is 3.58. The SMILES string of the molecule is COc1cc(OC)c2cc(C(=O)N(C)CCC#N)[nH]c2c1OC. The summed E-state index contributed by atoms with van der Waals surface area (Å²) in [5, 5.41) is 9.36. The van der Waals surface area contributed by atoms with Gasteiger partial charge >= 0.3 is 0 Å². The molecule has 0 unspecified atom stereocenters. The first-order valence-electron chi connectivity index (χ1n) is 7.01. The van der Waals surface area contributed by atoms with E-state index in [1.165, 1.54) is 19.1 Å². The second-order valence-electron chi connectivity index (χ2n) is 4.92. The van der Waals surface area contributed by atoms with Gasteiger partial charge in [0.2, 0.25) is 0 Å². The van der Waals surface area contributed by atoms with Crippen molar-refractivity contribution < 1.29 is 19.0 Å². The summed E-state index contributed by atoms with van der Waals surface area (Å²) in [5.74, 6) is 1.38. The number of carbonyl (C=O) groups excluding carboxylic acids is 1. The summed E-state index contributed by atoms with van der Waals surface area (Å²) >= 11 is 0. The minimum Gasteiger partial charge on any atom is -0.496 e. The molecule has 122 valence electrons. The Morgan fingerprint density at radius 2 is 1.91 bits per heavy atom. The molecule has 7 nitrogen and oxygen atoms in total. The van der Waals surface area contributed by atoms with Crippen LogP contribution < -0.4 is 14.2 Å². The molecule has 1 aromatic carbocycles. The highest BCUT2D eigenvalue weighted by atomic mass is 16.5. The molecule has 1 aromatic heterocycles. The molecule has 23 heavy (non-hydrogen) atoms. The van der Waals surface area contributed by atoms with Gasteiger partial charge in [-0.05, 0) is 6.07 Å². The number of methoxy groups -OCH3 is 3. The van der Waals surface area contributed by atoms with Crippen LogP contribution in [-0.2, 0) is 0 Å². The van der Waals surface area contributed by atoms with Crippen LogP contribution in [0.4, 0.5) is 0 Å². The van der Waals surface area contributed by atoms with Crippen LogP contribution in [0.1, 0.15) is 16.9 Å². The molecule has 0 saturated carbocycles. The number of hydrogen-bond donors (Lipinski definition) is 1. The summed E-state index contributed by atoms with van der Waals surface area (Å²) in [5.41, 5.74) is 1.02. The molecule has 0 atom stereocenters. The standard InChI is InChI=1S/C16H19N3O4/c1-19(7-5-6-17)16(20)11-8-10-12(21-2)9-13(22-3)15(23-4)14(10)18-11/h8-9,18H,5,7H2,1-4H3. The fourth-order valence-corrected chi connectivity index (χ4v) is 2.38. The molecular weight excluding hydrogens is 298 g/mol. The number of nitrogens with zero attached hydrogens (tertiary/aromatic N) is 2. The highest BCUT2D eigenvalue weighted by Gasteiger charge is 2.21. The van der Waals surface area contributed by atoms with Crippen molar-refractivity contribution in [3.05, 3.63) is 17.8 Å². The number of hydrogen-bond acceptors (Lipinski definition) is 5. The van der Waals surface area contributed by atoms with Crippen molar-refractivity contribution in [2.24, 2.45) is 0 Å². The molecule has 7 heteroatoms. The molecule has 1 amide bonds. The van der Waals surface area contributed by atoms with Gasteiger partial charge in [0.25, 0.3) is 5.91 Å². The minimum absolute atomic E-state index is 0.209. The van der Waals surface area contributed by atoms with E-state index in [4.69, 9.17) is 19.5 Å². The predicted octanol–water partition coefficient (Wildman–Crippen LogP) is 2.18. The number of aromatic nitrogens is 1. The Balaban J connectivity index is 2.53. The molecular formula is C16H19N3O4. The van der Waals surface area contributed by atoms with Gasteiger partial charge in [-0.3, -0.25) is 4.79 Å². The molecule has 0 saturated heterocycles. The van der Waals surface area contributed by atoms with Crippen LogP contribution in [0.15, 0.2) is 12.1 Å². The molecule has 0 bridgehead atoms. The Morgan fingerprint density at radius 1 is 1.22 bits per heavy atom. The molecule has 1 heterocycles. The van der Waals surface area contributed by atoms with Crippen molar-refractivity contribution in [2.45, 2.75) is 6.42 Å². The smallest absolute Gasteiger partial charge is 0.270 e. The van der Waals surface area contributed by atoms with E-state index in [1.807, 2.05) is 6.07 Å². The zero-order chi connectivity index (χ0) is 17.0. The van der Waals surface area contributed by atoms with Crippen LogP contribution >= 0.6 is 0 Å². The first-order valence-corrected chi connectivity index (χ1v) is 7.01. The van der Waals surface area contributed by atoms with Crippen molar-refractivity contribution in [1.29, 1.82) is 5.26 Å². The number of fused-ring (bicyclic) bond motifs is 1. The molecule has 2 rings (SSSR count). The molecule has 1 N–H and O–H groups in total. The molecule has 0 aliphatic rings. The first kappa shape index (κ1) is 16.5. The number of nitriles is 1. The van der Waals surface area contributed by atoms with Gasteiger partial charge in [-0.2, -0.15) is 5.26 Å². The lowest BCUT2D eigenvalue weighted by molar-refractivity contribution is 0.0793. The maximum atomic E-state index is 12.4. The Labute approximate surface area is 134 Å². The molecule has 0 radical (unpaired) electrons. The van der Waals surface area contributed by atoms with Crippen molar-refractivity contribution in [3.8, 4) is 23.3 Å². The largest absolute Gasteiger partial charge is 0.496 e. The van der Waals surface area contributed by atoms with Crippen molar-refractivity contribution in [3.63, 3.8) is 0 Å². The molecule has 0 fully saturated rings. The third kappa shape index (κ3) is 3.01. The van der Waals surface area contributed by atoms with Crippen molar-refractivity contribution >= 4 is 16.8 Å². The van der Waals surface area contributed by atoms with E-state index in [0.717, 1.165) is 5.39 Å². The second kappa shape index (κ2) is 6.92. The van der Waals surface area contributed by atoms with Crippen molar-refractivity contribution in [2.75, 3.05) is 34.9 Å². The van der Waals surface area contributed by atoms with Gasteiger partial charge in [0.15, 0.2) is 11.5 Å². The Bertz CT molecular complexity index is 761. The fourth-order valence-electron chi connectivity index (χ4n) is 2.38. The monoisotopic (exact) mass is 317 g/mol. The van der Waals surface area contributed by atoms with Gasteiger partial charge < -0.3 is 24.1 Å². The van der Waals surface area contributed by atoms with E-state index in [9.17, 15) is 4.79 Å². The van der Waals surface area contributed by atoms with E-state index >= 15 is 0 Å². The maximum absolute atomic E-state index is 12.4. The van der Waals surface area contributed by atoms with E-state index in [0.29, 0.717) is 35.0 Å². The van der Waals surface area contributed by atoms with Crippen molar-refractivity contribution in [1.82, 2.24) is 9.88 Å². The van der Waals surface area contributed by atoms with E-state index in [2.05, 4.69) is 4.98 Å². The fraction of sp³-hybridized carbons (Fsp3) is 0.375. The zero-order valence-corrected chi connectivity index (χ0v) is 13.6. The Kier molecular flexibility index (Phi) is 4.96. The maximum Gasteiger partial charge on any atom is 0.270 e. The van der Waals surface area contributed by atoms with Gasteiger partial charge in [0.1, 0.15) is 11.4 Å². The second-order valence-corrected chi connectivity index (χ2v) is 4.92. The lowest BCUT2D eigenvalue weighted by Gasteiger charge is -2.13. The Morgan fingerprint density at radius 3 is 2.48 bits per heavy atom. The van der Waals surface area contributed by atoms with Gasteiger partial charge in [0, 0.05) is 25.0 Å². The van der Waals surface area contributed by atoms with Crippen LogP contribution in [0, 0.1) is 11.3 Å².